The lowest BCUT2D eigenvalue weighted by molar-refractivity contribution is -0.139. The molecule has 146 valence electrons. The number of carbonyl (C=O) groups is 3. The monoisotopic (exact) mass is 385 g/mol. The predicted molar refractivity (Wildman–Crippen MR) is 101 cm³/mol. The molecule has 0 fully saturated rings. The van der Waals surface area contributed by atoms with Crippen LogP contribution in [0, 0.1) is 4.91 Å². The predicted octanol–water partition coefficient (Wildman–Crippen LogP) is 2.74. The van der Waals surface area contributed by atoms with Crippen molar-refractivity contribution in [2.75, 3.05) is 11.9 Å². The molecule has 0 aromatic heterocycles. The van der Waals surface area contributed by atoms with Gasteiger partial charge >= 0.3 is 12.0 Å². The van der Waals surface area contributed by atoms with Crippen LogP contribution in [0.4, 0.5) is 10.5 Å². The van der Waals surface area contributed by atoms with Crippen molar-refractivity contribution in [3.8, 4) is 5.75 Å². The first-order valence-corrected chi connectivity index (χ1v) is 8.39. The van der Waals surface area contributed by atoms with Crippen LogP contribution in [0.3, 0.4) is 0 Å². The van der Waals surface area contributed by atoms with Gasteiger partial charge in [0.05, 0.1) is 6.61 Å². The molecule has 0 saturated carbocycles. The molecule has 0 aliphatic heterocycles. The molecule has 2 unspecified atom stereocenters. The number of carboxylic acid groups (broad SMARTS) is 1. The Kier molecular flexibility index (Phi) is 7.64. The number of nitrogens with zero attached hydrogens (tertiary/aromatic N) is 1. The van der Waals surface area contributed by atoms with Crippen LogP contribution in [-0.2, 0) is 9.59 Å². The minimum atomic E-state index is -1.19. The van der Waals surface area contributed by atoms with Crippen LogP contribution in [0.15, 0.2) is 59.8 Å². The number of carbonyl (C=O) groups excluding carboxylic acids is 2. The molecular weight excluding hydrogens is 366 g/mol. The van der Waals surface area contributed by atoms with Crippen molar-refractivity contribution in [2.45, 2.75) is 18.5 Å². The lowest BCUT2D eigenvalue weighted by atomic mass is 10.1. The molecule has 0 saturated heterocycles. The molecule has 2 aromatic carbocycles. The summed E-state index contributed by atoms with van der Waals surface area (Å²) >= 11 is 0. The molecule has 0 spiro atoms. The normalized spacial score (nSPS) is 12.3. The fraction of sp³-hybridized carbons (Fsp3) is 0.211. The van der Waals surface area contributed by atoms with Crippen LogP contribution >= 0.6 is 0 Å². The van der Waals surface area contributed by atoms with Crippen molar-refractivity contribution in [3.05, 3.63) is 65.1 Å². The zero-order chi connectivity index (χ0) is 20.4. The van der Waals surface area contributed by atoms with E-state index in [0.29, 0.717) is 23.3 Å². The van der Waals surface area contributed by atoms with Gasteiger partial charge in [-0.1, -0.05) is 35.5 Å². The van der Waals surface area contributed by atoms with Crippen LogP contribution in [0.2, 0.25) is 0 Å². The van der Waals surface area contributed by atoms with Crippen LogP contribution in [-0.4, -0.2) is 36.0 Å². The number of hydrogen-bond donors (Lipinski definition) is 3. The van der Waals surface area contributed by atoms with E-state index >= 15 is 0 Å². The van der Waals surface area contributed by atoms with E-state index in [-0.39, 0.29) is 13.0 Å². The summed E-state index contributed by atoms with van der Waals surface area (Å²) in [5.41, 5.74) is 0.971. The maximum Gasteiger partial charge on any atom is 0.326 e. The van der Waals surface area contributed by atoms with E-state index in [4.69, 9.17) is 4.74 Å². The molecule has 0 heterocycles. The number of anilines is 1. The number of rotatable bonds is 10. The third-order valence-electron chi connectivity index (χ3n) is 3.77. The fourth-order valence-corrected chi connectivity index (χ4v) is 2.32. The number of aliphatic carboxylic acids is 1. The number of nitrogens with one attached hydrogen (secondary N) is 2. The summed E-state index contributed by atoms with van der Waals surface area (Å²) in [5, 5.41) is 16.9. The third kappa shape index (κ3) is 6.20. The smallest absolute Gasteiger partial charge is 0.326 e. The second-order valence-corrected chi connectivity index (χ2v) is 5.75. The Bertz CT molecular complexity index is 802. The van der Waals surface area contributed by atoms with Crippen LogP contribution in [0.25, 0.3) is 0 Å². The van der Waals surface area contributed by atoms with Gasteiger partial charge in [-0.2, -0.15) is 0 Å². The van der Waals surface area contributed by atoms with Crippen LogP contribution in [0.1, 0.15) is 18.0 Å². The zero-order valence-corrected chi connectivity index (χ0v) is 14.8. The number of nitroso groups, excluding NO2 is 1. The van der Waals surface area contributed by atoms with Crippen molar-refractivity contribution < 1.29 is 24.2 Å². The van der Waals surface area contributed by atoms with E-state index in [9.17, 15) is 24.4 Å². The van der Waals surface area contributed by atoms with E-state index in [2.05, 4.69) is 15.8 Å². The molecule has 28 heavy (non-hydrogen) atoms. The van der Waals surface area contributed by atoms with Gasteiger partial charge in [0.15, 0.2) is 12.3 Å². The summed E-state index contributed by atoms with van der Waals surface area (Å²) in [6.45, 7) is 0.0327. The Morgan fingerprint density at radius 3 is 2.36 bits per heavy atom. The number of para-hydroxylation sites is 1. The first-order valence-electron chi connectivity index (χ1n) is 8.39. The average Bonchev–Trinajstić information content (AvgIpc) is 2.70. The summed E-state index contributed by atoms with van der Waals surface area (Å²) in [5.74, 6) is -0.759. The molecule has 0 aliphatic rings. The quantitative estimate of drug-likeness (QED) is 0.425. The van der Waals surface area contributed by atoms with Crippen LogP contribution < -0.4 is 15.4 Å². The number of hydrogen-bond acceptors (Lipinski definition) is 6. The first-order chi connectivity index (χ1) is 13.5. The van der Waals surface area contributed by atoms with Gasteiger partial charge in [0, 0.05) is 12.1 Å². The maximum absolute atomic E-state index is 11.9. The third-order valence-corrected chi connectivity index (χ3v) is 3.77. The number of urea groups is 1. The zero-order valence-electron chi connectivity index (χ0n) is 14.8. The Labute approximate surface area is 160 Å². The largest absolute Gasteiger partial charge is 0.494 e. The average molecular weight is 385 g/mol. The van der Waals surface area contributed by atoms with Gasteiger partial charge in [0.25, 0.3) is 0 Å². The summed E-state index contributed by atoms with van der Waals surface area (Å²) in [6, 6.07) is 11.9. The van der Waals surface area contributed by atoms with Crippen molar-refractivity contribution in [3.63, 3.8) is 0 Å². The van der Waals surface area contributed by atoms with E-state index in [1.54, 1.807) is 42.5 Å². The Morgan fingerprint density at radius 1 is 1.11 bits per heavy atom. The Balaban J connectivity index is 1.84. The minimum Gasteiger partial charge on any atom is -0.494 e. The summed E-state index contributed by atoms with van der Waals surface area (Å²) in [4.78, 5) is 44.5. The second-order valence-electron chi connectivity index (χ2n) is 5.75. The van der Waals surface area contributed by atoms with Gasteiger partial charge in [0.2, 0.25) is 0 Å². The Hall–Kier alpha value is -3.75. The van der Waals surface area contributed by atoms with Crippen LogP contribution in [0.5, 0.6) is 5.75 Å². The Morgan fingerprint density at radius 2 is 1.79 bits per heavy atom. The fourth-order valence-electron chi connectivity index (χ4n) is 2.32. The minimum absolute atomic E-state index is 0.0327. The standard InChI is InChI=1S/C19H19N3O6/c23-12-17(22-27)13-6-8-15(9-7-13)28-11-10-16(18(24)25)21-19(26)20-14-4-2-1-3-5-14/h1-9,12,16-17H,10-11H2,(H,24,25)(H2,20,21,26). The van der Waals surface area contributed by atoms with E-state index in [0.717, 1.165) is 0 Å². The highest BCUT2D eigenvalue weighted by atomic mass is 16.5. The maximum atomic E-state index is 11.9. The second kappa shape index (κ2) is 10.4. The molecule has 0 aliphatic carbocycles. The summed E-state index contributed by atoms with van der Waals surface area (Å²) in [7, 11) is 0. The first kappa shape index (κ1) is 20.6. The highest BCUT2D eigenvalue weighted by molar-refractivity contribution is 5.92. The molecule has 2 atom stereocenters. The number of amides is 2. The molecule has 3 N–H and O–H groups in total. The highest BCUT2D eigenvalue weighted by Crippen LogP contribution is 2.19. The SMILES string of the molecule is O=CC(N=O)c1ccc(OCCC(NC(=O)Nc2ccccc2)C(=O)O)cc1. The molecule has 2 amide bonds. The lowest BCUT2D eigenvalue weighted by Gasteiger charge is -2.16. The lowest BCUT2D eigenvalue weighted by Crippen LogP contribution is -2.43. The molecule has 9 nitrogen and oxygen atoms in total. The van der Waals surface area contributed by atoms with Crippen molar-refractivity contribution in [2.24, 2.45) is 5.18 Å². The number of ether oxygens (including phenoxy) is 1. The van der Waals surface area contributed by atoms with Gasteiger partial charge in [-0.3, -0.25) is 0 Å². The summed E-state index contributed by atoms with van der Waals surface area (Å²) in [6.07, 6.45) is 0.471. The van der Waals surface area contributed by atoms with Crippen molar-refractivity contribution in [1.29, 1.82) is 0 Å². The molecule has 2 rings (SSSR count). The molecule has 2 aromatic rings. The highest BCUT2D eigenvalue weighted by Gasteiger charge is 2.20. The van der Waals surface area contributed by atoms with Gasteiger partial charge in [-0.05, 0) is 29.8 Å². The van der Waals surface area contributed by atoms with Gasteiger partial charge < -0.3 is 25.3 Å². The van der Waals surface area contributed by atoms with Crippen molar-refractivity contribution in [1.82, 2.24) is 5.32 Å². The van der Waals surface area contributed by atoms with Crippen molar-refractivity contribution >= 4 is 24.0 Å². The number of carboxylic acids is 1. The number of benzene rings is 2. The van der Waals surface area contributed by atoms with Gasteiger partial charge in [-0.15, -0.1) is 4.91 Å². The van der Waals surface area contributed by atoms with Gasteiger partial charge in [-0.25, -0.2) is 9.59 Å². The molecule has 0 bridgehead atoms. The molecule has 9 heteroatoms. The van der Waals surface area contributed by atoms with E-state index < -0.39 is 24.1 Å². The topological polar surface area (TPSA) is 134 Å². The molecular formula is C19H19N3O6. The van der Waals surface area contributed by atoms with E-state index in [1.165, 1.54) is 12.1 Å². The molecule has 0 radical (unpaired) electrons. The summed E-state index contributed by atoms with van der Waals surface area (Å²) < 4.78 is 5.46. The van der Waals surface area contributed by atoms with E-state index in [1.807, 2.05) is 0 Å². The van der Waals surface area contributed by atoms with Gasteiger partial charge in [0.1, 0.15) is 11.8 Å². The number of aldehydes is 1.